The molecule has 1 aliphatic carbocycles. The zero-order chi connectivity index (χ0) is 22.3. The molecule has 2 aromatic rings. The smallest absolute Gasteiger partial charge is 0.319 e. The third-order valence-electron chi connectivity index (χ3n) is 6.28. The molecule has 1 aliphatic heterocycles. The summed E-state index contributed by atoms with van der Waals surface area (Å²) >= 11 is 0. The summed E-state index contributed by atoms with van der Waals surface area (Å²) in [5.74, 6) is -0.303. The van der Waals surface area contributed by atoms with Crippen LogP contribution in [0.5, 0.6) is 0 Å². The first kappa shape index (κ1) is 21.8. The average molecular weight is 432 g/mol. The van der Waals surface area contributed by atoms with Crippen LogP contribution in [0.4, 0.5) is 16.2 Å². The molecule has 0 bridgehead atoms. The molecule has 2 aliphatic rings. The largest absolute Gasteiger partial charge is 0.334 e. The number of likely N-dealkylation sites (tertiary alicyclic amines) is 1. The number of nitrogens with zero attached hydrogens (tertiary/aromatic N) is 2. The van der Waals surface area contributed by atoms with E-state index in [-0.39, 0.29) is 18.0 Å². The van der Waals surface area contributed by atoms with Crippen LogP contribution in [0.25, 0.3) is 0 Å². The zero-order valence-electron chi connectivity index (χ0n) is 18.1. The summed E-state index contributed by atoms with van der Waals surface area (Å²) in [6, 6.07) is 16.2. The number of hydrogen-bond donors (Lipinski definition) is 3. The van der Waals surface area contributed by atoms with E-state index >= 15 is 0 Å². The van der Waals surface area contributed by atoms with Crippen molar-refractivity contribution in [2.75, 3.05) is 23.7 Å². The molecule has 1 unspecified atom stereocenters. The number of anilines is 2. The molecule has 166 valence electrons. The Kier molecular flexibility index (Phi) is 7.03. The van der Waals surface area contributed by atoms with Crippen molar-refractivity contribution < 1.29 is 9.59 Å². The molecule has 0 spiro atoms. The third-order valence-corrected chi connectivity index (χ3v) is 6.28. The second-order valence-electron chi connectivity index (χ2n) is 8.60. The topological polar surface area (TPSA) is 97.3 Å². The van der Waals surface area contributed by atoms with Gasteiger partial charge in [0.15, 0.2) is 0 Å². The van der Waals surface area contributed by atoms with Gasteiger partial charge in [-0.05, 0) is 55.7 Å². The molecule has 1 saturated heterocycles. The summed E-state index contributed by atoms with van der Waals surface area (Å²) in [5.41, 5.74) is 2.01. The Hall–Kier alpha value is -3.37. The number of carbonyl (C=O) groups excluding carboxylic acids is 2. The van der Waals surface area contributed by atoms with Gasteiger partial charge in [0.25, 0.3) is 5.91 Å². The van der Waals surface area contributed by atoms with E-state index in [1.165, 1.54) is 32.1 Å². The number of amides is 3. The van der Waals surface area contributed by atoms with Gasteiger partial charge in [-0.3, -0.25) is 9.69 Å². The lowest BCUT2D eigenvalue weighted by molar-refractivity contribution is 0.102. The van der Waals surface area contributed by atoms with Crippen molar-refractivity contribution in [1.29, 1.82) is 5.26 Å². The summed E-state index contributed by atoms with van der Waals surface area (Å²) in [6.45, 7) is 1.95. The summed E-state index contributed by atoms with van der Waals surface area (Å²) in [7, 11) is 0. The highest BCUT2D eigenvalue weighted by atomic mass is 16.2. The van der Waals surface area contributed by atoms with E-state index in [0.29, 0.717) is 28.5 Å². The van der Waals surface area contributed by atoms with Gasteiger partial charge < -0.3 is 16.0 Å². The molecule has 32 heavy (non-hydrogen) atoms. The van der Waals surface area contributed by atoms with Gasteiger partial charge in [-0.1, -0.05) is 31.4 Å². The summed E-state index contributed by atoms with van der Waals surface area (Å²) in [4.78, 5) is 27.6. The van der Waals surface area contributed by atoms with Gasteiger partial charge in [0.05, 0.1) is 11.6 Å². The number of rotatable bonds is 5. The molecule has 0 aromatic heterocycles. The predicted molar refractivity (Wildman–Crippen MR) is 125 cm³/mol. The summed E-state index contributed by atoms with van der Waals surface area (Å²) in [5, 5.41) is 17.7. The minimum absolute atomic E-state index is 0.149. The van der Waals surface area contributed by atoms with Gasteiger partial charge in [-0.2, -0.15) is 5.26 Å². The van der Waals surface area contributed by atoms with Gasteiger partial charge in [0.1, 0.15) is 0 Å². The van der Waals surface area contributed by atoms with E-state index in [1.807, 2.05) is 0 Å². The Balaban J connectivity index is 1.30. The maximum atomic E-state index is 12.6. The van der Waals surface area contributed by atoms with Crippen molar-refractivity contribution in [3.63, 3.8) is 0 Å². The van der Waals surface area contributed by atoms with Gasteiger partial charge in [0, 0.05) is 42.1 Å². The van der Waals surface area contributed by atoms with Crippen molar-refractivity contribution in [3.8, 4) is 6.07 Å². The van der Waals surface area contributed by atoms with Gasteiger partial charge in [-0.15, -0.1) is 0 Å². The highest BCUT2D eigenvalue weighted by molar-refractivity contribution is 6.05. The number of hydrogen-bond acceptors (Lipinski definition) is 4. The first-order valence-electron chi connectivity index (χ1n) is 11.3. The van der Waals surface area contributed by atoms with Crippen LogP contribution in [-0.2, 0) is 0 Å². The Labute approximate surface area is 188 Å². The minimum atomic E-state index is -0.303. The molecular formula is C25H29N5O2. The van der Waals surface area contributed by atoms with E-state index < -0.39 is 0 Å². The lowest BCUT2D eigenvalue weighted by Crippen LogP contribution is -2.42. The first-order chi connectivity index (χ1) is 15.6. The first-order valence-corrected chi connectivity index (χ1v) is 11.3. The van der Waals surface area contributed by atoms with Gasteiger partial charge >= 0.3 is 6.03 Å². The summed E-state index contributed by atoms with van der Waals surface area (Å²) in [6.07, 6.45) is 7.48. The zero-order valence-corrected chi connectivity index (χ0v) is 18.1. The molecule has 1 atom stereocenters. The number of nitrogens with one attached hydrogen (secondary N) is 3. The number of benzene rings is 2. The standard InChI is InChI=1S/C25H29N5O2/c26-16-18-6-4-8-20(14-18)27-24(31)19-7-5-9-21(15-19)28-25(32)29-22-12-13-30(17-22)23-10-2-1-3-11-23/h4-9,14-15,22-23H,1-3,10-13,17H2,(H,27,31)(H2,28,29,32). The number of nitriles is 1. The maximum absolute atomic E-state index is 12.6. The molecule has 7 heteroatoms. The number of urea groups is 1. The van der Waals surface area contributed by atoms with E-state index in [1.54, 1.807) is 48.5 Å². The molecule has 1 saturated carbocycles. The van der Waals surface area contributed by atoms with E-state index in [0.717, 1.165) is 19.5 Å². The Morgan fingerprint density at radius 1 is 0.938 bits per heavy atom. The minimum Gasteiger partial charge on any atom is -0.334 e. The van der Waals surface area contributed by atoms with Crippen LogP contribution in [0.3, 0.4) is 0 Å². The van der Waals surface area contributed by atoms with Crippen molar-refractivity contribution in [2.24, 2.45) is 0 Å². The van der Waals surface area contributed by atoms with Crippen LogP contribution in [0.15, 0.2) is 48.5 Å². The van der Waals surface area contributed by atoms with Crippen LogP contribution in [-0.4, -0.2) is 42.0 Å². The lowest BCUT2D eigenvalue weighted by Gasteiger charge is -2.31. The fourth-order valence-electron chi connectivity index (χ4n) is 4.64. The Morgan fingerprint density at radius 3 is 2.47 bits per heavy atom. The highest BCUT2D eigenvalue weighted by Crippen LogP contribution is 2.25. The Morgan fingerprint density at radius 2 is 1.69 bits per heavy atom. The van der Waals surface area contributed by atoms with Crippen LogP contribution in [0.1, 0.15) is 54.4 Å². The van der Waals surface area contributed by atoms with Crippen molar-refractivity contribution in [3.05, 3.63) is 59.7 Å². The van der Waals surface area contributed by atoms with E-state index in [2.05, 4.69) is 26.9 Å². The second-order valence-corrected chi connectivity index (χ2v) is 8.60. The second kappa shape index (κ2) is 10.3. The van der Waals surface area contributed by atoms with Gasteiger partial charge in [0.2, 0.25) is 0 Å². The van der Waals surface area contributed by atoms with Crippen molar-refractivity contribution in [1.82, 2.24) is 10.2 Å². The van der Waals surface area contributed by atoms with Crippen LogP contribution in [0, 0.1) is 11.3 Å². The number of carbonyl (C=O) groups is 2. The molecule has 0 radical (unpaired) electrons. The lowest BCUT2D eigenvalue weighted by atomic mass is 9.94. The molecule has 3 amide bonds. The predicted octanol–water partition coefficient (Wildman–Crippen LogP) is 4.34. The molecule has 3 N–H and O–H groups in total. The molecule has 4 rings (SSSR count). The average Bonchev–Trinajstić information content (AvgIpc) is 3.28. The van der Waals surface area contributed by atoms with E-state index in [9.17, 15) is 9.59 Å². The monoisotopic (exact) mass is 431 g/mol. The van der Waals surface area contributed by atoms with Crippen LogP contribution < -0.4 is 16.0 Å². The molecule has 2 aromatic carbocycles. The maximum Gasteiger partial charge on any atom is 0.319 e. The molecular weight excluding hydrogens is 402 g/mol. The molecule has 7 nitrogen and oxygen atoms in total. The quantitative estimate of drug-likeness (QED) is 0.656. The SMILES string of the molecule is N#Cc1cccc(NC(=O)c2cccc(NC(=O)NC3CCN(C4CCCCC4)C3)c2)c1. The van der Waals surface area contributed by atoms with Crippen LogP contribution in [0.2, 0.25) is 0 Å². The fourth-order valence-corrected chi connectivity index (χ4v) is 4.64. The third kappa shape index (κ3) is 5.65. The highest BCUT2D eigenvalue weighted by Gasteiger charge is 2.29. The van der Waals surface area contributed by atoms with Gasteiger partial charge in [-0.25, -0.2) is 4.79 Å². The fraction of sp³-hybridized carbons (Fsp3) is 0.400. The summed E-state index contributed by atoms with van der Waals surface area (Å²) < 4.78 is 0. The van der Waals surface area contributed by atoms with Crippen molar-refractivity contribution in [2.45, 2.75) is 50.6 Å². The normalized spacial score (nSPS) is 19.2. The Bertz CT molecular complexity index is 1010. The molecule has 1 heterocycles. The molecule has 2 fully saturated rings. The van der Waals surface area contributed by atoms with Crippen LogP contribution >= 0.6 is 0 Å². The van der Waals surface area contributed by atoms with Crippen molar-refractivity contribution >= 4 is 23.3 Å². The van der Waals surface area contributed by atoms with E-state index in [4.69, 9.17) is 5.26 Å².